The van der Waals surface area contributed by atoms with Gasteiger partial charge in [-0.25, -0.2) is 0 Å². The third kappa shape index (κ3) is 1.02. The zero-order chi connectivity index (χ0) is 9.54. The van der Waals surface area contributed by atoms with Crippen LogP contribution in [0.25, 0.3) is 5.69 Å². The van der Waals surface area contributed by atoms with Crippen LogP contribution in [-0.4, -0.2) is 4.57 Å². The lowest BCUT2D eigenvalue weighted by Gasteiger charge is -2.19. The van der Waals surface area contributed by atoms with Crippen molar-refractivity contribution in [3.8, 4) is 5.69 Å². The van der Waals surface area contributed by atoms with E-state index in [1.54, 1.807) is 0 Å². The molecule has 0 unspecified atom stereocenters. The van der Waals surface area contributed by atoms with E-state index in [-0.39, 0.29) is 0 Å². The van der Waals surface area contributed by atoms with Crippen molar-refractivity contribution in [2.75, 3.05) is 0 Å². The van der Waals surface area contributed by atoms with Crippen LogP contribution in [0.5, 0.6) is 0 Å². The summed E-state index contributed by atoms with van der Waals surface area (Å²) < 4.78 is 2.31. The fraction of sp³-hybridized carbons (Fsp3) is 0.231. The molecule has 1 nitrogen and oxygen atoms in total. The van der Waals surface area contributed by atoms with E-state index in [9.17, 15) is 0 Å². The first kappa shape index (κ1) is 7.86. The first-order valence-electron chi connectivity index (χ1n) is 5.11. The van der Waals surface area contributed by atoms with Crippen LogP contribution in [0.3, 0.4) is 0 Å². The summed E-state index contributed by atoms with van der Waals surface area (Å²) in [6.45, 7) is 2.15. The van der Waals surface area contributed by atoms with Crippen LogP contribution in [0.1, 0.15) is 16.8 Å². The molecule has 0 N–H and O–H groups in total. The molecule has 2 aromatic rings. The summed E-state index contributed by atoms with van der Waals surface area (Å²) in [7, 11) is 0. The van der Waals surface area contributed by atoms with Crippen LogP contribution >= 0.6 is 0 Å². The van der Waals surface area contributed by atoms with Gasteiger partial charge in [-0.1, -0.05) is 12.1 Å². The molecule has 1 aromatic heterocycles. The van der Waals surface area contributed by atoms with Crippen LogP contribution in [0, 0.1) is 6.92 Å². The molecule has 3 rings (SSSR count). The third-order valence-electron chi connectivity index (χ3n) is 2.98. The van der Waals surface area contributed by atoms with Crippen molar-refractivity contribution >= 4 is 0 Å². The Morgan fingerprint density at radius 3 is 3.00 bits per heavy atom. The van der Waals surface area contributed by atoms with Gasteiger partial charge in [0.05, 0.1) is 0 Å². The summed E-state index contributed by atoms with van der Waals surface area (Å²) in [5.74, 6) is 0. The molecule has 1 aliphatic heterocycles. The maximum atomic E-state index is 2.31. The minimum atomic E-state index is 1.17. The number of hydrogen-bond donors (Lipinski definition) is 0. The highest BCUT2D eigenvalue weighted by atomic mass is 15.0. The van der Waals surface area contributed by atoms with Gasteiger partial charge in [-0.15, -0.1) is 0 Å². The number of fused-ring (bicyclic) bond motifs is 3. The molecule has 0 aliphatic carbocycles. The van der Waals surface area contributed by atoms with Gasteiger partial charge >= 0.3 is 0 Å². The number of aromatic nitrogens is 1. The number of hydrogen-bond acceptors (Lipinski definition) is 0. The van der Waals surface area contributed by atoms with Gasteiger partial charge in [-0.3, -0.25) is 0 Å². The zero-order valence-electron chi connectivity index (χ0n) is 8.33. The fourth-order valence-electron chi connectivity index (χ4n) is 2.23. The average molecular weight is 183 g/mol. The number of rotatable bonds is 0. The van der Waals surface area contributed by atoms with Crippen molar-refractivity contribution < 1.29 is 0 Å². The van der Waals surface area contributed by atoms with E-state index >= 15 is 0 Å². The quantitative estimate of drug-likeness (QED) is 0.592. The van der Waals surface area contributed by atoms with E-state index in [1.165, 1.54) is 35.3 Å². The number of aryl methyl sites for hydroxylation is 3. The van der Waals surface area contributed by atoms with Gasteiger partial charge in [0.1, 0.15) is 0 Å². The largest absolute Gasteiger partial charge is 0.321 e. The molecule has 1 aliphatic rings. The van der Waals surface area contributed by atoms with Crippen molar-refractivity contribution in [3.63, 3.8) is 0 Å². The van der Waals surface area contributed by atoms with E-state index in [4.69, 9.17) is 0 Å². The molecular weight excluding hydrogens is 170 g/mol. The summed E-state index contributed by atoms with van der Waals surface area (Å²) in [6.07, 6.45) is 4.51. The second-order valence-corrected chi connectivity index (χ2v) is 4.00. The second-order valence-electron chi connectivity index (χ2n) is 4.00. The van der Waals surface area contributed by atoms with Crippen LogP contribution in [0.2, 0.25) is 0 Å². The Morgan fingerprint density at radius 2 is 2.07 bits per heavy atom. The van der Waals surface area contributed by atoms with E-state index in [1.807, 2.05) is 0 Å². The topological polar surface area (TPSA) is 4.93 Å². The lowest BCUT2D eigenvalue weighted by molar-refractivity contribution is 0.807. The Kier molecular flexibility index (Phi) is 1.54. The smallest absolute Gasteiger partial charge is 0.0486 e. The van der Waals surface area contributed by atoms with Gasteiger partial charge in [0, 0.05) is 17.6 Å². The van der Waals surface area contributed by atoms with Crippen LogP contribution in [-0.2, 0) is 12.8 Å². The van der Waals surface area contributed by atoms with Gasteiger partial charge < -0.3 is 4.57 Å². The molecule has 0 amide bonds. The Hall–Kier alpha value is -1.50. The molecule has 2 heterocycles. The molecule has 0 radical (unpaired) electrons. The summed E-state index contributed by atoms with van der Waals surface area (Å²) in [4.78, 5) is 0. The first-order chi connectivity index (χ1) is 6.84. The normalized spacial score (nSPS) is 13.5. The lowest BCUT2D eigenvalue weighted by atomic mass is 10.0. The Labute approximate surface area is 84.0 Å². The van der Waals surface area contributed by atoms with Crippen molar-refractivity contribution in [1.82, 2.24) is 4.57 Å². The minimum Gasteiger partial charge on any atom is -0.321 e. The molecule has 70 valence electrons. The van der Waals surface area contributed by atoms with Crippen LogP contribution in [0.15, 0.2) is 36.5 Å². The number of benzene rings is 1. The third-order valence-corrected chi connectivity index (χ3v) is 2.98. The maximum Gasteiger partial charge on any atom is 0.0486 e. The van der Waals surface area contributed by atoms with Crippen molar-refractivity contribution in [1.29, 1.82) is 0 Å². The van der Waals surface area contributed by atoms with Crippen molar-refractivity contribution in [2.45, 2.75) is 19.8 Å². The molecule has 0 saturated carbocycles. The highest BCUT2D eigenvalue weighted by molar-refractivity contribution is 5.48. The van der Waals surface area contributed by atoms with Gasteiger partial charge in [-0.05, 0) is 49.1 Å². The Bertz CT molecular complexity index is 480. The minimum absolute atomic E-state index is 1.17. The summed E-state index contributed by atoms with van der Waals surface area (Å²) in [5.41, 5.74) is 5.61. The fourth-order valence-corrected chi connectivity index (χ4v) is 2.23. The van der Waals surface area contributed by atoms with E-state index in [0.29, 0.717) is 0 Å². The summed E-state index contributed by atoms with van der Waals surface area (Å²) >= 11 is 0. The highest BCUT2D eigenvalue weighted by Crippen LogP contribution is 2.25. The van der Waals surface area contributed by atoms with Crippen LogP contribution < -0.4 is 0 Å². The molecule has 14 heavy (non-hydrogen) atoms. The molecule has 0 fully saturated rings. The van der Waals surface area contributed by atoms with Gasteiger partial charge in [0.2, 0.25) is 0 Å². The maximum absolute atomic E-state index is 2.31. The monoisotopic (exact) mass is 183 g/mol. The predicted octanol–water partition coefficient (Wildman–Crippen LogP) is 2.88. The SMILES string of the molecule is Cc1ccc2c(c1)-n1cccc1CC2. The van der Waals surface area contributed by atoms with E-state index in [2.05, 4.69) is 48.0 Å². The van der Waals surface area contributed by atoms with Crippen molar-refractivity contribution in [2.24, 2.45) is 0 Å². The van der Waals surface area contributed by atoms with Gasteiger partial charge in [-0.2, -0.15) is 0 Å². The predicted molar refractivity (Wildman–Crippen MR) is 57.9 cm³/mol. The lowest BCUT2D eigenvalue weighted by Crippen LogP contribution is -2.10. The Balaban J connectivity index is 2.28. The molecule has 0 bridgehead atoms. The highest BCUT2D eigenvalue weighted by Gasteiger charge is 2.13. The Morgan fingerprint density at radius 1 is 1.14 bits per heavy atom. The molecular formula is C13H13N. The number of nitrogens with zero attached hydrogens (tertiary/aromatic N) is 1. The molecule has 0 spiro atoms. The molecule has 1 heteroatoms. The second kappa shape index (κ2) is 2.74. The molecule has 0 saturated heterocycles. The summed E-state index contributed by atoms with van der Waals surface area (Å²) in [6, 6.07) is 11.1. The first-order valence-corrected chi connectivity index (χ1v) is 5.11. The molecule has 0 atom stereocenters. The average Bonchev–Trinajstić information content (AvgIpc) is 2.65. The van der Waals surface area contributed by atoms with Crippen molar-refractivity contribution in [3.05, 3.63) is 53.3 Å². The van der Waals surface area contributed by atoms with Gasteiger partial charge in [0.25, 0.3) is 0 Å². The van der Waals surface area contributed by atoms with E-state index in [0.717, 1.165) is 0 Å². The zero-order valence-corrected chi connectivity index (χ0v) is 8.33. The van der Waals surface area contributed by atoms with E-state index < -0.39 is 0 Å². The standard InChI is InChI=1S/C13H13N/c1-10-4-5-11-6-7-12-3-2-8-14(12)13(11)9-10/h2-5,8-9H,6-7H2,1H3. The van der Waals surface area contributed by atoms with Crippen LogP contribution in [0.4, 0.5) is 0 Å². The molecule has 1 aromatic carbocycles. The van der Waals surface area contributed by atoms with Gasteiger partial charge in [0.15, 0.2) is 0 Å². The summed E-state index contributed by atoms with van der Waals surface area (Å²) in [5, 5.41) is 0.